The fraction of sp³-hybridized carbons (Fsp3) is 0.353. The van der Waals surface area contributed by atoms with E-state index in [9.17, 15) is 4.79 Å². The lowest BCUT2D eigenvalue weighted by molar-refractivity contribution is 0.102. The van der Waals surface area contributed by atoms with E-state index in [-0.39, 0.29) is 5.91 Å². The summed E-state index contributed by atoms with van der Waals surface area (Å²) in [6.45, 7) is 9.02. The van der Waals surface area contributed by atoms with Gasteiger partial charge in [0.25, 0.3) is 5.91 Å². The molecular formula is C17H22N4O. The maximum absolute atomic E-state index is 12.2. The van der Waals surface area contributed by atoms with Crippen LogP contribution in [0.15, 0.2) is 30.6 Å². The molecule has 1 amide bonds. The van der Waals surface area contributed by atoms with E-state index in [0.29, 0.717) is 17.4 Å². The number of rotatable bonds is 5. The van der Waals surface area contributed by atoms with Gasteiger partial charge in [0.2, 0.25) is 5.95 Å². The number of anilines is 2. The molecule has 2 rings (SSSR count). The first kappa shape index (κ1) is 15.9. The lowest BCUT2D eigenvalue weighted by Gasteiger charge is -2.09. The largest absolute Gasteiger partial charge is 0.354 e. The fourth-order valence-electron chi connectivity index (χ4n) is 2.08. The van der Waals surface area contributed by atoms with E-state index in [0.717, 1.165) is 23.4 Å². The second-order valence-corrected chi connectivity index (χ2v) is 5.90. The van der Waals surface area contributed by atoms with E-state index in [1.165, 1.54) is 12.4 Å². The van der Waals surface area contributed by atoms with Crippen LogP contribution in [0.5, 0.6) is 0 Å². The lowest BCUT2D eigenvalue weighted by atomic mass is 10.1. The summed E-state index contributed by atoms with van der Waals surface area (Å²) in [5.41, 5.74) is 3.44. The number of aryl methyl sites for hydroxylation is 2. The molecule has 0 saturated heterocycles. The predicted octanol–water partition coefficient (Wildman–Crippen LogP) is 3.41. The van der Waals surface area contributed by atoms with Gasteiger partial charge in [-0.15, -0.1) is 0 Å². The summed E-state index contributed by atoms with van der Waals surface area (Å²) in [4.78, 5) is 20.5. The zero-order valence-electron chi connectivity index (χ0n) is 13.5. The molecule has 0 aliphatic heterocycles. The van der Waals surface area contributed by atoms with Gasteiger partial charge in [0.15, 0.2) is 0 Å². The molecule has 0 fully saturated rings. The van der Waals surface area contributed by atoms with Crippen molar-refractivity contribution in [2.45, 2.75) is 27.7 Å². The SMILES string of the molecule is Cc1cc(C)cc(NC(=O)c2cnc(NCC(C)C)nc2)c1. The van der Waals surface area contributed by atoms with E-state index < -0.39 is 0 Å². The average Bonchev–Trinajstić information content (AvgIpc) is 2.44. The minimum Gasteiger partial charge on any atom is -0.354 e. The molecular weight excluding hydrogens is 276 g/mol. The van der Waals surface area contributed by atoms with Gasteiger partial charge in [-0.25, -0.2) is 9.97 Å². The van der Waals surface area contributed by atoms with Crippen LogP contribution < -0.4 is 10.6 Å². The van der Waals surface area contributed by atoms with Gasteiger partial charge in [0, 0.05) is 24.6 Å². The van der Waals surface area contributed by atoms with Gasteiger partial charge in [-0.3, -0.25) is 4.79 Å². The molecule has 0 spiro atoms. The number of benzene rings is 1. The lowest BCUT2D eigenvalue weighted by Crippen LogP contribution is -2.15. The summed E-state index contributed by atoms with van der Waals surface area (Å²) in [5.74, 6) is 0.841. The van der Waals surface area contributed by atoms with E-state index in [1.807, 2.05) is 26.0 Å². The van der Waals surface area contributed by atoms with Crippen LogP contribution in [-0.4, -0.2) is 22.4 Å². The Morgan fingerprint density at radius 2 is 1.68 bits per heavy atom. The Bertz CT molecular complexity index is 630. The number of hydrogen-bond acceptors (Lipinski definition) is 4. The summed E-state index contributed by atoms with van der Waals surface area (Å²) in [6.07, 6.45) is 3.07. The van der Waals surface area contributed by atoms with Crippen LogP contribution in [0.2, 0.25) is 0 Å². The Hall–Kier alpha value is -2.43. The van der Waals surface area contributed by atoms with Crippen LogP contribution in [0, 0.1) is 19.8 Å². The molecule has 116 valence electrons. The van der Waals surface area contributed by atoms with Gasteiger partial charge in [-0.2, -0.15) is 0 Å². The van der Waals surface area contributed by atoms with Crippen molar-refractivity contribution in [1.29, 1.82) is 0 Å². The molecule has 1 heterocycles. The number of amides is 1. The number of hydrogen-bond donors (Lipinski definition) is 2. The van der Waals surface area contributed by atoms with Crippen LogP contribution in [0.25, 0.3) is 0 Å². The molecule has 0 radical (unpaired) electrons. The quantitative estimate of drug-likeness (QED) is 0.887. The molecule has 5 heteroatoms. The zero-order valence-corrected chi connectivity index (χ0v) is 13.5. The highest BCUT2D eigenvalue weighted by Gasteiger charge is 2.08. The molecule has 0 atom stereocenters. The Balaban J connectivity index is 2.03. The predicted molar refractivity (Wildman–Crippen MR) is 89.2 cm³/mol. The molecule has 0 bridgehead atoms. The molecule has 2 aromatic rings. The number of aromatic nitrogens is 2. The Morgan fingerprint density at radius 3 is 2.23 bits per heavy atom. The van der Waals surface area contributed by atoms with E-state index >= 15 is 0 Å². The Morgan fingerprint density at radius 1 is 1.09 bits per heavy atom. The van der Waals surface area contributed by atoms with Crippen molar-refractivity contribution in [2.24, 2.45) is 5.92 Å². The van der Waals surface area contributed by atoms with Crippen molar-refractivity contribution in [3.8, 4) is 0 Å². The van der Waals surface area contributed by atoms with Gasteiger partial charge in [0.1, 0.15) is 0 Å². The summed E-state index contributed by atoms with van der Waals surface area (Å²) < 4.78 is 0. The van der Waals surface area contributed by atoms with E-state index in [1.54, 1.807) is 0 Å². The van der Waals surface area contributed by atoms with Crippen molar-refractivity contribution in [2.75, 3.05) is 17.2 Å². The van der Waals surface area contributed by atoms with Gasteiger partial charge in [-0.05, 0) is 43.0 Å². The molecule has 22 heavy (non-hydrogen) atoms. The smallest absolute Gasteiger partial charge is 0.258 e. The minimum atomic E-state index is -0.208. The molecule has 0 aliphatic carbocycles. The van der Waals surface area contributed by atoms with Crippen LogP contribution in [-0.2, 0) is 0 Å². The van der Waals surface area contributed by atoms with Crippen molar-refractivity contribution in [3.05, 3.63) is 47.3 Å². The molecule has 2 N–H and O–H groups in total. The zero-order chi connectivity index (χ0) is 16.1. The van der Waals surface area contributed by atoms with Gasteiger partial charge >= 0.3 is 0 Å². The van der Waals surface area contributed by atoms with Crippen LogP contribution >= 0.6 is 0 Å². The third-order valence-corrected chi connectivity index (χ3v) is 3.06. The fourth-order valence-corrected chi connectivity index (χ4v) is 2.08. The first-order valence-corrected chi connectivity index (χ1v) is 7.39. The highest BCUT2D eigenvalue weighted by molar-refractivity contribution is 6.03. The molecule has 0 saturated carbocycles. The van der Waals surface area contributed by atoms with E-state index in [2.05, 4.69) is 40.5 Å². The summed E-state index contributed by atoms with van der Waals surface area (Å²) >= 11 is 0. The van der Waals surface area contributed by atoms with Gasteiger partial charge in [-0.1, -0.05) is 19.9 Å². The third kappa shape index (κ3) is 4.55. The number of carbonyl (C=O) groups is 1. The van der Waals surface area contributed by atoms with Crippen molar-refractivity contribution < 1.29 is 4.79 Å². The second kappa shape index (κ2) is 7.02. The normalized spacial score (nSPS) is 10.6. The standard InChI is InChI=1S/C17H22N4O/c1-11(2)8-18-17-19-9-14(10-20-17)16(22)21-15-6-12(3)5-13(4)7-15/h5-7,9-11H,8H2,1-4H3,(H,21,22)(H,18,19,20). The van der Waals surface area contributed by atoms with Crippen LogP contribution in [0.3, 0.4) is 0 Å². The van der Waals surface area contributed by atoms with Crippen molar-refractivity contribution >= 4 is 17.5 Å². The second-order valence-electron chi connectivity index (χ2n) is 5.90. The van der Waals surface area contributed by atoms with Crippen molar-refractivity contribution in [3.63, 3.8) is 0 Å². The Kier molecular flexibility index (Phi) is 5.09. The first-order valence-electron chi connectivity index (χ1n) is 7.39. The summed E-state index contributed by atoms with van der Waals surface area (Å²) in [5, 5.41) is 5.99. The molecule has 5 nitrogen and oxygen atoms in total. The Labute approximate surface area is 131 Å². The maximum atomic E-state index is 12.2. The van der Waals surface area contributed by atoms with Gasteiger partial charge < -0.3 is 10.6 Å². The number of nitrogens with one attached hydrogen (secondary N) is 2. The van der Waals surface area contributed by atoms with Crippen molar-refractivity contribution in [1.82, 2.24) is 9.97 Å². The third-order valence-electron chi connectivity index (χ3n) is 3.06. The molecule has 0 aliphatic rings. The van der Waals surface area contributed by atoms with E-state index in [4.69, 9.17) is 0 Å². The monoisotopic (exact) mass is 298 g/mol. The molecule has 0 unspecified atom stereocenters. The highest BCUT2D eigenvalue weighted by atomic mass is 16.1. The van der Waals surface area contributed by atoms with Gasteiger partial charge in [0.05, 0.1) is 5.56 Å². The molecule has 1 aromatic heterocycles. The van der Waals surface area contributed by atoms with Crippen LogP contribution in [0.1, 0.15) is 35.3 Å². The number of nitrogens with zero attached hydrogens (tertiary/aromatic N) is 2. The first-order chi connectivity index (χ1) is 10.4. The molecule has 1 aromatic carbocycles. The topological polar surface area (TPSA) is 66.9 Å². The highest BCUT2D eigenvalue weighted by Crippen LogP contribution is 2.15. The summed E-state index contributed by atoms with van der Waals surface area (Å²) in [7, 11) is 0. The van der Waals surface area contributed by atoms with Crippen LogP contribution in [0.4, 0.5) is 11.6 Å². The maximum Gasteiger partial charge on any atom is 0.258 e. The number of carbonyl (C=O) groups excluding carboxylic acids is 1. The minimum absolute atomic E-state index is 0.208. The summed E-state index contributed by atoms with van der Waals surface area (Å²) in [6, 6.07) is 5.93. The average molecular weight is 298 g/mol.